The predicted molar refractivity (Wildman–Crippen MR) is 180 cm³/mol. The van der Waals surface area contributed by atoms with Crippen LogP contribution in [0, 0.1) is 12.7 Å². The highest BCUT2D eigenvalue weighted by atomic mass is 19.4. The number of imide groups is 1. The summed E-state index contributed by atoms with van der Waals surface area (Å²) in [4.78, 5) is 36.1. The zero-order valence-electron chi connectivity index (χ0n) is 27.7. The Bertz CT molecular complexity index is 1930. The molecule has 6 rings (SSSR count). The molecule has 2 aliphatic rings. The lowest BCUT2D eigenvalue weighted by atomic mass is 10.0. The Morgan fingerprint density at radius 2 is 1.80 bits per heavy atom. The summed E-state index contributed by atoms with van der Waals surface area (Å²) in [5, 5.41) is 6.05. The second-order valence-corrected chi connectivity index (χ2v) is 12.5. The number of nitrogen functional groups attached to an aromatic ring is 1. The van der Waals surface area contributed by atoms with E-state index >= 15 is 4.39 Å². The summed E-state index contributed by atoms with van der Waals surface area (Å²) in [6.07, 6.45) is -3.20. The largest absolute Gasteiger partial charge is 0.493 e. The van der Waals surface area contributed by atoms with E-state index in [2.05, 4.69) is 25.5 Å². The molecular formula is C35H37F4N7O4. The number of urea groups is 1. The van der Waals surface area contributed by atoms with Crippen molar-refractivity contribution in [3.05, 3.63) is 76.9 Å². The summed E-state index contributed by atoms with van der Waals surface area (Å²) in [5.41, 5.74) is 6.80. The number of aryl methyl sites for hydroxylation is 1. The minimum atomic E-state index is -4.54. The van der Waals surface area contributed by atoms with Crippen molar-refractivity contribution in [2.75, 3.05) is 42.7 Å². The number of benzene rings is 3. The first-order valence-corrected chi connectivity index (χ1v) is 16.2. The van der Waals surface area contributed by atoms with Crippen molar-refractivity contribution in [1.82, 2.24) is 20.2 Å². The molecule has 0 radical (unpaired) electrons. The second kappa shape index (κ2) is 14.0. The third-order valence-corrected chi connectivity index (χ3v) is 8.84. The minimum Gasteiger partial charge on any atom is -0.493 e. The van der Waals surface area contributed by atoms with Crippen LogP contribution in [0.2, 0.25) is 0 Å². The number of methoxy groups -OCH3 is 1. The molecular weight excluding hydrogens is 658 g/mol. The van der Waals surface area contributed by atoms with Gasteiger partial charge in [0.2, 0.25) is 5.91 Å². The second-order valence-electron chi connectivity index (χ2n) is 12.5. The van der Waals surface area contributed by atoms with Gasteiger partial charge in [0.05, 0.1) is 29.9 Å². The number of nitrogens with zero attached hydrogens (tertiary/aromatic N) is 4. The molecule has 4 N–H and O–H groups in total. The topological polar surface area (TPSA) is 135 Å². The molecule has 0 spiro atoms. The molecule has 0 unspecified atom stereocenters. The van der Waals surface area contributed by atoms with Gasteiger partial charge in [-0.15, -0.1) is 0 Å². The lowest BCUT2D eigenvalue weighted by Gasteiger charge is -2.32. The van der Waals surface area contributed by atoms with Crippen molar-refractivity contribution in [2.24, 2.45) is 0 Å². The minimum absolute atomic E-state index is 0.00622. The molecule has 2 saturated heterocycles. The van der Waals surface area contributed by atoms with Crippen molar-refractivity contribution < 1.29 is 36.6 Å². The van der Waals surface area contributed by atoms with Gasteiger partial charge in [0, 0.05) is 49.7 Å². The van der Waals surface area contributed by atoms with E-state index < -0.39 is 29.6 Å². The number of nitrogens with two attached hydrogens (primary N) is 1. The normalized spacial score (nSPS) is 16.7. The van der Waals surface area contributed by atoms with Crippen LogP contribution in [-0.4, -0.2) is 59.7 Å². The maximum Gasteiger partial charge on any atom is 0.416 e. The molecule has 1 atom stereocenters. The fourth-order valence-electron chi connectivity index (χ4n) is 6.28. The summed E-state index contributed by atoms with van der Waals surface area (Å²) in [6.45, 7) is 5.46. The number of fused-ring (bicyclic) bond motifs is 1. The highest BCUT2D eigenvalue weighted by Gasteiger charge is 2.32. The summed E-state index contributed by atoms with van der Waals surface area (Å²) in [5.74, 6) is 0.924. The number of anilines is 3. The standard InChI is InChI=1S/C35H37F4N7O4/c1-19(22-13-23(35(37,38)39)15-24(40)14-22)41-33-26-16-31(30(49-3)17-28(26)42-20(2)43-33)50-25-6-9-45(10-7-25)18-21-4-5-29(27(36)12-21)46-11-8-32(47)44-34(46)48/h4-5,12-17,19,25H,6-11,18,40H2,1-3H3,(H,41,42,43)(H,44,47,48)/t19-/m1/s1. The fraction of sp³-hybridized carbons (Fsp3) is 0.371. The van der Waals surface area contributed by atoms with Gasteiger partial charge in [-0.2, -0.15) is 13.2 Å². The van der Waals surface area contributed by atoms with Crippen LogP contribution in [0.1, 0.15) is 54.7 Å². The van der Waals surface area contributed by atoms with E-state index in [9.17, 15) is 22.8 Å². The monoisotopic (exact) mass is 695 g/mol. The smallest absolute Gasteiger partial charge is 0.416 e. The highest BCUT2D eigenvalue weighted by molar-refractivity contribution is 6.05. The maximum absolute atomic E-state index is 15.0. The Labute approximate surface area is 285 Å². The molecule has 11 nitrogen and oxygen atoms in total. The number of ether oxygens (including phenoxy) is 2. The molecule has 2 aliphatic heterocycles. The quantitative estimate of drug-likeness (QED) is 0.135. The molecule has 0 aliphatic carbocycles. The molecule has 0 bridgehead atoms. The van der Waals surface area contributed by atoms with Gasteiger partial charge in [0.15, 0.2) is 11.5 Å². The highest BCUT2D eigenvalue weighted by Crippen LogP contribution is 2.38. The molecule has 15 heteroatoms. The van der Waals surface area contributed by atoms with Crippen molar-refractivity contribution in [1.29, 1.82) is 0 Å². The first kappa shape index (κ1) is 34.7. The number of carbonyl (C=O) groups is 2. The fourth-order valence-corrected chi connectivity index (χ4v) is 6.28. The van der Waals surface area contributed by atoms with Crippen molar-refractivity contribution in [3.8, 4) is 11.5 Å². The Morgan fingerprint density at radius 3 is 2.48 bits per heavy atom. The van der Waals surface area contributed by atoms with Crippen molar-refractivity contribution in [2.45, 2.75) is 58.0 Å². The van der Waals surface area contributed by atoms with Gasteiger partial charge in [-0.05, 0) is 74.2 Å². The van der Waals surface area contributed by atoms with Crippen LogP contribution < -0.4 is 30.7 Å². The summed E-state index contributed by atoms with van der Waals surface area (Å²) in [6, 6.07) is 10.5. The number of hydrogen-bond acceptors (Lipinski definition) is 9. The number of likely N-dealkylation sites (tertiary alicyclic amines) is 1. The number of aromatic nitrogens is 2. The van der Waals surface area contributed by atoms with Crippen molar-refractivity contribution in [3.63, 3.8) is 0 Å². The third kappa shape index (κ3) is 7.67. The van der Waals surface area contributed by atoms with Crippen LogP contribution in [0.3, 0.4) is 0 Å². The number of rotatable bonds is 9. The average Bonchev–Trinajstić information content (AvgIpc) is 3.05. The lowest BCUT2D eigenvalue weighted by molar-refractivity contribution is -0.137. The number of piperidine rings is 1. The Kier molecular flexibility index (Phi) is 9.69. The molecule has 3 amide bonds. The Morgan fingerprint density at radius 1 is 1.04 bits per heavy atom. The van der Waals surface area contributed by atoms with E-state index in [-0.39, 0.29) is 36.4 Å². The van der Waals surface area contributed by atoms with E-state index in [4.69, 9.17) is 15.2 Å². The van der Waals surface area contributed by atoms with Gasteiger partial charge in [-0.25, -0.2) is 19.2 Å². The maximum atomic E-state index is 15.0. The van der Waals surface area contributed by atoms with Crippen LogP contribution in [0.25, 0.3) is 10.9 Å². The summed E-state index contributed by atoms with van der Waals surface area (Å²) < 4.78 is 67.5. The molecule has 3 heterocycles. The van der Waals surface area contributed by atoms with Gasteiger partial charge in [-0.3, -0.25) is 19.9 Å². The number of alkyl halides is 3. The molecule has 4 aromatic rings. The van der Waals surface area contributed by atoms with E-state index in [1.165, 1.54) is 24.1 Å². The summed E-state index contributed by atoms with van der Waals surface area (Å²) in [7, 11) is 1.53. The number of halogens is 4. The molecule has 50 heavy (non-hydrogen) atoms. The van der Waals surface area contributed by atoms with Crippen molar-refractivity contribution >= 4 is 40.0 Å². The van der Waals surface area contributed by atoms with Gasteiger partial charge >= 0.3 is 12.2 Å². The zero-order valence-corrected chi connectivity index (χ0v) is 27.7. The van der Waals surface area contributed by atoms with E-state index in [1.54, 1.807) is 38.1 Å². The van der Waals surface area contributed by atoms with Crippen LogP contribution in [0.15, 0.2) is 48.5 Å². The summed E-state index contributed by atoms with van der Waals surface area (Å²) >= 11 is 0. The van der Waals surface area contributed by atoms with E-state index in [0.29, 0.717) is 72.1 Å². The lowest BCUT2D eigenvalue weighted by Crippen LogP contribution is -2.49. The number of hydrogen-bond donors (Lipinski definition) is 3. The molecule has 0 saturated carbocycles. The predicted octanol–water partition coefficient (Wildman–Crippen LogP) is 6.35. The average molecular weight is 696 g/mol. The molecule has 1 aromatic heterocycles. The van der Waals surface area contributed by atoms with Crippen LogP contribution in [0.4, 0.5) is 39.5 Å². The Hall–Kier alpha value is -5.18. The zero-order chi connectivity index (χ0) is 35.7. The van der Waals surface area contributed by atoms with Crippen LogP contribution in [0.5, 0.6) is 11.5 Å². The number of carbonyl (C=O) groups excluding carboxylic acids is 2. The SMILES string of the molecule is COc1cc2nc(C)nc(N[C@H](C)c3cc(N)cc(C(F)(F)F)c3)c2cc1OC1CCN(Cc2ccc(N3CCC(=O)NC3=O)c(F)c2)CC1. The van der Waals surface area contributed by atoms with Gasteiger partial charge in [-0.1, -0.05) is 6.07 Å². The van der Waals surface area contributed by atoms with Gasteiger partial charge < -0.3 is 20.5 Å². The van der Waals surface area contributed by atoms with Gasteiger partial charge in [0.1, 0.15) is 23.6 Å². The van der Waals surface area contributed by atoms with Crippen LogP contribution in [-0.2, 0) is 17.5 Å². The van der Waals surface area contributed by atoms with Crippen LogP contribution >= 0.6 is 0 Å². The molecule has 264 valence electrons. The third-order valence-electron chi connectivity index (χ3n) is 8.84. The first-order valence-electron chi connectivity index (χ1n) is 16.2. The van der Waals surface area contributed by atoms with E-state index in [1.807, 2.05) is 0 Å². The molecule has 3 aromatic carbocycles. The molecule has 2 fully saturated rings. The Balaban J connectivity index is 1.14. The van der Waals surface area contributed by atoms with Gasteiger partial charge in [0.25, 0.3) is 0 Å². The number of nitrogens with one attached hydrogen (secondary N) is 2. The van der Waals surface area contributed by atoms with E-state index in [0.717, 1.165) is 17.7 Å². The number of amides is 3. The first-order chi connectivity index (χ1) is 23.8.